The number of nitrogens with zero attached hydrogens (tertiary/aromatic N) is 2. The number of hydrogen-bond acceptors (Lipinski definition) is 4. The summed E-state index contributed by atoms with van der Waals surface area (Å²) < 4.78 is 25.9. The maximum atomic E-state index is 13.4. The molecule has 2 rings (SSSR count). The second-order valence-corrected chi connectivity index (χ2v) is 10.8. The molecular weight excluding hydrogens is 532 g/mol. The predicted octanol–water partition coefficient (Wildman–Crippen LogP) is 4.62. The Bertz CT molecular complexity index is 1120. The smallest absolute Gasteiger partial charge is 0.244 e. The number of likely N-dealkylation sites (N-methyl/N-ethyl adjacent to an activating group) is 1. The van der Waals surface area contributed by atoms with Gasteiger partial charge in [-0.2, -0.15) is 0 Å². The Balaban J connectivity index is 2.45. The van der Waals surface area contributed by atoms with Crippen LogP contribution in [0, 0.1) is 0 Å². The molecule has 2 aromatic carbocycles. The first-order valence-electron chi connectivity index (χ1n) is 9.78. The molecule has 1 unspecified atom stereocenters. The highest BCUT2D eigenvalue weighted by atomic mass is 35.5. The largest absolute Gasteiger partial charge is 0.355 e. The van der Waals surface area contributed by atoms with Crippen LogP contribution < -0.4 is 9.62 Å². The van der Waals surface area contributed by atoms with E-state index in [1.807, 2.05) is 0 Å². The molecule has 2 aromatic rings. The molecule has 0 fully saturated rings. The van der Waals surface area contributed by atoms with Gasteiger partial charge in [-0.25, -0.2) is 8.42 Å². The summed E-state index contributed by atoms with van der Waals surface area (Å²) in [6.07, 6.45) is 0.961. The van der Waals surface area contributed by atoms with E-state index >= 15 is 0 Å². The molecule has 180 valence electrons. The van der Waals surface area contributed by atoms with Gasteiger partial charge in [0.05, 0.1) is 11.9 Å². The van der Waals surface area contributed by atoms with Crippen molar-refractivity contribution in [1.29, 1.82) is 0 Å². The van der Waals surface area contributed by atoms with Gasteiger partial charge in [-0.15, -0.1) is 0 Å². The molecule has 1 N–H and O–H groups in total. The predicted molar refractivity (Wildman–Crippen MR) is 134 cm³/mol. The molecule has 0 aromatic heterocycles. The molecule has 0 aliphatic heterocycles. The molecule has 0 saturated heterocycles. The van der Waals surface area contributed by atoms with E-state index in [0.29, 0.717) is 22.2 Å². The number of rotatable bonds is 9. The Morgan fingerprint density at radius 3 is 2.12 bits per heavy atom. The monoisotopic (exact) mass is 553 g/mol. The summed E-state index contributed by atoms with van der Waals surface area (Å²) in [5.41, 5.74) is 0.667. The lowest BCUT2D eigenvalue weighted by molar-refractivity contribution is -0.139. The van der Waals surface area contributed by atoms with Gasteiger partial charge in [-0.3, -0.25) is 13.9 Å². The first kappa shape index (κ1) is 27.5. The number of carbonyl (C=O) groups excluding carboxylic acids is 2. The van der Waals surface area contributed by atoms with Gasteiger partial charge in [-0.05, 0) is 49.7 Å². The molecule has 1 atom stereocenters. The number of carbonyl (C=O) groups is 2. The van der Waals surface area contributed by atoms with Gasteiger partial charge in [0.25, 0.3) is 0 Å². The Morgan fingerprint density at radius 2 is 1.61 bits per heavy atom. The van der Waals surface area contributed by atoms with Crippen LogP contribution in [0.5, 0.6) is 0 Å². The molecule has 0 heterocycles. The van der Waals surface area contributed by atoms with Crippen LogP contribution in [0.2, 0.25) is 20.1 Å². The van der Waals surface area contributed by atoms with Crippen LogP contribution in [-0.4, -0.2) is 50.5 Å². The van der Waals surface area contributed by atoms with E-state index in [-0.39, 0.29) is 22.3 Å². The standard InChI is InChI=1S/C21H23Cl4N3O4S/c1-4-26-21(30)13(2)27(11-14-5-6-15(22)10-19(14)25)20(29)12-28(33(3,31)32)18-8-16(23)7-17(24)9-18/h5-10,13H,4,11-12H2,1-3H3,(H,26,30). The van der Waals surface area contributed by atoms with E-state index < -0.39 is 34.4 Å². The van der Waals surface area contributed by atoms with Crippen LogP contribution in [0.3, 0.4) is 0 Å². The first-order chi connectivity index (χ1) is 15.3. The Morgan fingerprint density at radius 1 is 1.00 bits per heavy atom. The van der Waals surface area contributed by atoms with Crippen molar-refractivity contribution < 1.29 is 18.0 Å². The first-order valence-corrected chi connectivity index (χ1v) is 13.1. The average molecular weight is 555 g/mol. The fraction of sp³-hybridized carbons (Fsp3) is 0.333. The van der Waals surface area contributed by atoms with E-state index in [1.54, 1.807) is 26.0 Å². The van der Waals surface area contributed by atoms with Crippen LogP contribution in [0.25, 0.3) is 0 Å². The van der Waals surface area contributed by atoms with Crippen LogP contribution >= 0.6 is 46.4 Å². The van der Waals surface area contributed by atoms with Crippen LogP contribution in [0.15, 0.2) is 36.4 Å². The quantitative estimate of drug-likeness (QED) is 0.490. The van der Waals surface area contributed by atoms with Crippen LogP contribution in [0.4, 0.5) is 5.69 Å². The third-order valence-corrected chi connectivity index (χ3v) is 6.85. The summed E-state index contributed by atoms with van der Waals surface area (Å²) in [4.78, 5) is 27.2. The van der Waals surface area contributed by atoms with E-state index in [4.69, 9.17) is 46.4 Å². The van der Waals surface area contributed by atoms with Crippen molar-refractivity contribution in [2.75, 3.05) is 23.7 Å². The molecule has 0 saturated carbocycles. The van der Waals surface area contributed by atoms with Crippen molar-refractivity contribution >= 4 is 73.9 Å². The summed E-state index contributed by atoms with van der Waals surface area (Å²) in [7, 11) is -3.90. The zero-order valence-electron chi connectivity index (χ0n) is 18.1. The van der Waals surface area contributed by atoms with Crippen molar-refractivity contribution in [3.8, 4) is 0 Å². The number of amides is 2. The summed E-state index contributed by atoms with van der Waals surface area (Å²) >= 11 is 24.3. The fourth-order valence-electron chi connectivity index (χ4n) is 3.03. The van der Waals surface area contributed by atoms with E-state index in [2.05, 4.69) is 5.32 Å². The van der Waals surface area contributed by atoms with E-state index in [1.165, 1.54) is 29.2 Å². The fourth-order valence-corrected chi connectivity index (χ4v) is 4.85. The molecule has 0 radical (unpaired) electrons. The van der Waals surface area contributed by atoms with Crippen molar-refractivity contribution in [2.45, 2.75) is 26.4 Å². The van der Waals surface area contributed by atoms with Gasteiger partial charge in [0.15, 0.2) is 0 Å². The molecule has 12 heteroatoms. The average Bonchev–Trinajstić information content (AvgIpc) is 2.69. The third kappa shape index (κ3) is 7.65. The number of nitrogens with one attached hydrogen (secondary N) is 1. The summed E-state index contributed by atoms with van der Waals surface area (Å²) in [6, 6.07) is 8.08. The number of benzene rings is 2. The summed E-state index contributed by atoms with van der Waals surface area (Å²) in [5, 5.41) is 3.81. The molecule has 33 heavy (non-hydrogen) atoms. The van der Waals surface area contributed by atoms with Gasteiger partial charge in [0, 0.05) is 33.2 Å². The van der Waals surface area contributed by atoms with E-state index in [0.717, 1.165) is 10.6 Å². The number of halogens is 4. The molecule has 7 nitrogen and oxygen atoms in total. The minimum Gasteiger partial charge on any atom is -0.355 e. The van der Waals surface area contributed by atoms with Gasteiger partial charge >= 0.3 is 0 Å². The minimum absolute atomic E-state index is 0.0406. The molecule has 0 spiro atoms. The van der Waals surface area contributed by atoms with Crippen molar-refractivity contribution in [2.24, 2.45) is 0 Å². The lowest BCUT2D eigenvalue weighted by Crippen LogP contribution is -2.51. The second-order valence-electron chi connectivity index (χ2n) is 7.23. The topological polar surface area (TPSA) is 86.8 Å². The van der Waals surface area contributed by atoms with Crippen LogP contribution in [-0.2, 0) is 26.2 Å². The van der Waals surface area contributed by atoms with Gasteiger partial charge in [-0.1, -0.05) is 52.5 Å². The van der Waals surface area contributed by atoms with E-state index in [9.17, 15) is 18.0 Å². The number of sulfonamides is 1. The molecule has 2 amide bonds. The van der Waals surface area contributed by atoms with Crippen molar-refractivity contribution in [1.82, 2.24) is 10.2 Å². The number of hydrogen-bond donors (Lipinski definition) is 1. The SMILES string of the molecule is CCNC(=O)C(C)N(Cc1ccc(Cl)cc1Cl)C(=O)CN(c1cc(Cl)cc(Cl)c1)S(C)(=O)=O. The van der Waals surface area contributed by atoms with Crippen molar-refractivity contribution in [3.05, 3.63) is 62.1 Å². The lowest BCUT2D eigenvalue weighted by Gasteiger charge is -2.31. The van der Waals surface area contributed by atoms with Crippen molar-refractivity contribution in [3.63, 3.8) is 0 Å². The Hall–Kier alpha value is -1.71. The molecule has 0 bridgehead atoms. The highest BCUT2D eigenvalue weighted by Crippen LogP contribution is 2.28. The lowest BCUT2D eigenvalue weighted by atomic mass is 10.1. The zero-order chi connectivity index (χ0) is 24.9. The molecule has 0 aliphatic rings. The highest BCUT2D eigenvalue weighted by molar-refractivity contribution is 7.92. The van der Waals surface area contributed by atoms with Crippen LogP contribution in [0.1, 0.15) is 19.4 Å². The maximum Gasteiger partial charge on any atom is 0.244 e. The summed E-state index contributed by atoms with van der Waals surface area (Å²) in [6.45, 7) is 3.05. The minimum atomic E-state index is -3.90. The highest BCUT2D eigenvalue weighted by Gasteiger charge is 2.30. The van der Waals surface area contributed by atoms with Gasteiger partial charge in [0.2, 0.25) is 21.8 Å². The maximum absolute atomic E-state index is 13.4. The molecular formula is C21H23Cl4N3O4S. The van der Waals surface area contributed by atoms with Gasteiger partial charge in [0.1, 0.15) is 12.6 Å². The second kappa shape index (κ2) is 11.6. The Labute approximate surface area is 213 Å². The summed E-state index contributed by atoms with van der Waals surface area (Å²) in [5.74, 6) is -1.02. The van der Waals surface area contributed by atoms with Gasteiger partial charge < -0.3 is 10.2 Å². The number of anilines is 1. The molecule has 0 aliphatic carbocycles. The Kier molecular flexibility index (Phi) is 9.70. The zero-order valence-corrected chi connectivity index (χ0v) is 22.0. The third-order valence-electron chi connectivity index (χ3n) is 4.69. The normalized spacial score (nSPS) is 12.2.